The van der Waals surface area contributed by atoms with Crippen LogP contribution in [-0.4, -0.2) is 38.6 Å². The molecule has 212 valence electrons. The maximum atomic E-state index is 10.7. The van der Waals surface area contributed by atoms with Crippen molar-refractivity contribution in [3.05, 3.63) is 72.8 Å². The second-order valence-electron chi connectivity index (χ2n) is 9.97. The molecule has 0 amide bonds. The first kappa shape index (κ1) is 31.0. The zero-order valence-electron chi connectivity index (χ0n) is 23.4. The van der Waals surface area contributed by atoms with E-state index in [9.17, 15) is 4.79 Å². The van der Waals surface area contributed by atoms with E-state index in [0.717, 1.165) is 61.9 Å². The standard InChI is InChI=1S/C32H42BrO5P/c1-36-26-13-19-29(20-14-26)39(33,30-21-15-27(37-2)16-22-30,31-23-17-28(38-3)18-24-31)25-11-9-7-5-4-6-8-10-12-32(34)35/h13-24H,4-12,25H2,1-3H3,(H,34,35). The number of carbonyl (C=O) groups is 1. The predicted molar refractivity (Wildman–Crippen MR) is 168 cm³/mol. The summed E-state index contributed by atoms with van der Waals surface area (Å²) in [6.07, 6.45) is 9.87. The van der Waals surface area contributed by atoms with Crippen LogP contribution < -0.4 is 30.1 Å². The minimum atomic E-state index is -3.06. The van der Waals surface area contributed by atoms with Crippen LogP contribution in [0.4, 0.5) is 0 Å². The van der Waals surface area contributed by atoms with Crippen LogP contribution in [0.15, 0.2) is 72.8 Å². The Hall–Kier alpha value is -2.56. The Kier molecular flexibility index (Phi) is 11.7. The molecule has 1 N–H and O–H groups in total. The van der Waals surface area contributed by atoms with Crippen LogP contribution in [0.3, 0.4) is 0 Å². The molecule has 0 spiro atoms. The summed E-state index contributed by atoms with van der Waals surface area (Å²) in [4.78, 5) is 10.7. The molecule has 0 heterocycles. The first-order chi connectivity index (χ1) is 18.8. The summed E-state index contributed by atoms with van der Waals surface area (Å²) in [5, 5.41) is 9.53. The second kappa shape index (κ2) is 14.7. The van der Waals surface area contributed by atoms with E-state index in [2.05, 4.69) is 88.3 Å². The van der Waals surface area contributed by atoms with Gasteiger partial charge < -0.3 is 0 Å². The van der Waals surface area contributed by atoms with E-state index in [1.165, 1.54) is 28.8 Å². The number of unbranched alkanes of at least 4 members (excludes halogenated alkanes) is 7. The van der Waals surface area contributed by atoms with Gasteiger partial charge in [-0.25, -0.2) is 0 Å². The van der Waals surface area contributed by atoms with Gasteiger partial charge in [-0.2, -0.15) is 0 Å². The number of hydrogen-bond acceptors (Lipinski definition) is 4. The topological polar surface area (TPSA) is 65.0 Å². The molecular weight excluding hydrogens is 575 g/mol. The van der Waals surface area contributed by atoms with Crippen molar-refractivity contribution in [1.29, 1.82) is 0 Å². The first-order valence-corrected chi connectivity index (χ1v) is 18.2. The van der Waals surface area contributed by atoms with Crippen LogP contribution in [0.5, 0.6) is 17.2 Å². The Bertz CT molecular complexity index is 1040. The van der Waals surface area contributed by atoms with Crippen molar-refractivity contribution in [2.45, 2.75) is 57.8 Å². The van der Waals surface area contributed by atoms with Crippen LogP contribution >= 0.6 is 20.8 Å². The van der Waals surface area contributed by atoms with Gasteiger partial charge in [-0.15, -0.1) is 0 Å². The SMILES string of the molecule is COc1ccc(P(Br)(CCCCCCCCCCC(=O)O)(c2ccc(OC)cc2)c2ccc(OC)cc2)cc1. The fraction of sp³-hybridized carbons (Fsp3) is 0.406. The van der Waals surface area contributed by atoms with E-state index in [1.54, 1.807) is 21.3 Å². The van der Waals surface area contributed by atoms with Gasteiger partial charge in [0.05, 0.1) is 0 Å². The van der Waals surface area contributed by atoms with Crippen molar-refractivity contribution < 1.29 is 24.1 Å². The number of aliphatic carboxylic acids is 1. The van der Waals surface area contributed by atoms with Crippen molar-refractivity contribution in [3.63, 3.8) is 0 Å². The molecule has 3 rings (SSSR count). The minimum absolute atomic E-state index is 0.278. The van der Waals surface area contributed by atoms with E-state index in [0.29, 0.717) is 0 Å². The third kappa shape index (κ3) is 7.55. The monoisotopic (exact) mass is 616 g/mol. The summed E-state index contributed by atoms with van der Waals surface area (Å²) in [5.74, 6) is 1.81. The summed E-state index contributed by atoms with van der Waals surface area (Å²) in [7, 11) is 5.09. The Morgan fingerprint density at radius 3 is 1.21 bits per heavy atom. The van der Waals surface area contributed by atoms with Gasteiger partial charge in [-0.05, 0) is 0 Å². The third-order valence-corrected chi connectivity index (χ3v) is 17.6. The van der Waals surface area contributed by atoms with E-state index in [4.69, 9.17) is 19.3 Å². The van der Waals surface area contributed by atoms with Crippen LogP contribution in [0.25, 0.3) is 0 Å². The molecule has 0 saturated heterocycles. The molecule has 0 bridgehead atoms. The Labute approximate surface area is 241 Å². The van der Waals surface area contributed by atoms with Crippen molar-refractivity contribution in [1.82, 2.24) is 0 Å². The molecule has 39 heavy (non-hydrogen) atoms. The molecule has 0 radical (unpaired) electrons. The summed E-state index contributed by atoms with van der Waals surface area (Å²) in [5.41, 5.74) is 0. The van der Waals surface area contributed by atoms with Crippen molar-refractivity contribution in [2.75, 3.05) is 27.5 Å². The van der Waals surface area contributed by atoms with Gasteiger partial charge in [-0.3, -0.25) is 0 Å². The molecule has 0 aliphatic rings. The molecule has 0 aromatic heterocycles. The van der Waals surface area contributed by atoms with Crippen molar-refractivity contribution in [3.8, 4) is 17.2 Å². The fourth-order valence-corrected chi connectivity index (χ4v) is 12.9. The number of carboxylic acid groups (broad SMARTS) is 1. The molecule has 3 aromatic carbocycles. The Morgan fingerprint density at radius 1 is 0.590 bits per heavy atom. The Balaban J connectivity index is 1.90. The van der Waals surface area contributed by atoms with E-state index < -0.39 is 11.3 Å². The third-order valence-electron chi connectivity index (χ3n) is 7.55. The molecule has 0 saturated carbocycles. The molecular formula is C32H42BrO5P. The van der Waals surface area contributed by atoms with E-state index >= 15 is 0 Å². The van der Waals surface area contributed by atoms with Gasteiger partial charge in [0.2, 0.25) is 0 Å². The first-order valence-electron chi connectivity index (χ1n) is 13.7. The number of benzene rings is 3. The molecule has 0 atom stereocenters. The zero-order valence-corrected chi connectivity index (χ0v) is 25.9. The molecule has 0 aliphatic carbocycles. The van der Waals surface area contributed by atoms with Gasteiger partial charge in [-0.1, -0.05) is 0 Å². The van der Waals surface area contributed by atoms with Gasteiger partial charge in [0.15, 0.2) is 0 Å². The molecule has 7 heteroatoms. The van der Waals surface area contributed by atoms with Gasteiger partial charge in [0.25, 0.3) is 0 Å². The van der Waals surface area contributed by atoms with E-state index in [-0.39, 0.29) is 6.42 Å². The molecule has 0 unspecified atom stereocenters. The average molecular weight is 618 g/mol. The molecule has 0 aliphatic heterocycles. The number of halogens is 1. The van der Waals surface area contributed by atoms with Crippen LogP contribution in [0.1, 0.15) is 57.8 Å². The van der Waals surface area contributed by atoms with Crippen molar-refractivity contribution >= 4 is 42.7 Å². The van der Waals surface area contributed by atoms with Gasteiger partial charge in [0, 0.05) is 0 Å². The summed E-state index contributed by atoms with van der Waals surface area (Å²) < 4.78 is 16.5. The fourth-order valence-electron chi connectivity index (χ4n) is 5.26. The normalized spacial score (nSPS) is 12.4. The number of carboxylic acids is 1. The number of methoxy groups -OCH3 is 3. The molecule has 5 nitrogen and oxygen atoms in total. The van der Waals surface area contributed by atoms with Gasteiger partial charge >= 0.3 is 242 Å². The zero-order chi connectivity index (χ0) is 28.2. The molecule has 0 fully saturated rings. The maximum absolute atomic E-state index is 10.7. The second-order valence-corrected chi connectivity index (χ2v) is 19.0. The average Bonchev–Trinajstić information content (AvgIpc) is 2.98. The summed E-state index contributed by atoms with van der Waals surface area (Å²) in [6, 6.07) is 25.5. The van der Waals surface area contributed by atoms with Crippen LogP contribution in [-0.2, 0) is 4.79 Å². The van der Waals surface area contributed by atoms with E-state index in [1.807, 2.05) is 0 Å². The van der Waals surface area contributed by atoms with Crippen LogP contribution in [0, 0.1) is 0 Å². The predicted octanol–water partition coefficient (Wildman–Crippen LogP) is 7.45. The van der Waals surface area contributed by atoms with Crippen molar-refractivity contribution in [2.24, 2.45) is 0 Å². The number of rotatable bonds is 17. The van der Waals surface area contributed by atoms with Crippen LogP contribution in [0.2, 0.25) is 0 Å². The van der Waals surface area contributed by atoms with Gasteiger partial charge in [0.1, 0.15) is 0 Å². The molecule has 3 aromatic rings. The summed E-state index contributed by atoms with van der Waals surface area (Å²) in [6.45, 7) is 0. The number of ether oxygens (including phenoxy) is 3. The summed E-state index contributed by atoms with van der Waals surface area (Å²) >= 11 is 4.54. The Morgan fingerprint density at radius 2 is 0.897 bits per heavy atom. The quantitative estimate of drug-likeness (QED) is 0.126. The number of hydrogen-bond donors (Lipinski definition) is 1.